The number of benzene rings is 1. The molecule has 0 aliphatic rings. The summed E-state index contributed by atoms with van der Waals surface area (Å²) in [7, 11) is 1.20. The third kappa shape index (κ3) is 3.28. The Hall–Kier alpha value is -1.50. The van der Waals surface area contributed by atoms with E-state index in [0.717, 1.165) is 17.0 Å². The third-order valence-corrected chi connectivity index (χ3v) is 3.14. The van der Waals surface area contributed by atoms with Crippen molar-refractivity contribution in [3.05, 3.63) is 33.8 Å². The Labute approximate surface area is 117 Å². The first-order chi connectivity index (χ1) is 8.79. The van der Waals surface area contributed by atoms with Crippen LogP contribution in [-0.4, -0.2) is 35.0 Å². The lowest BCUT2D eigenvalue weighted by molar-refractivity contribution is -0.142. The fraction of sp³-hybridized carbons (Fsp3) is 0.333. The van der Waals surface area contributed by atoms with Crippen LogP contribution >= 0.6 is 15.9 Å². The quantitative estimate of drug-likeness (QED) is 0.920. The summed E-state index contributed by atoms with van der Waals surface area (Å²) < 4.78 is 27.4. The normalized spacial score (nSPS) is 12.1. The molecule has 0 fully saturated rings. The van der Waals surface area contributed by atoms with Crippen LogP contribution in [0.2, 0.25) is 0 Å². The fourth-order valence-corrected chi connectivity index (χ4v) is 2.08. The zero-order valence-electron chi connectivity index (χ0n) is 10.3. The summed E-state index contributed by atoms with van der Waals surface area (Å²) in [4.78, 5) is 23.7. The first kappa shape index (κ1) is 15.6. The Morgan fingerprint density at radius 3 is 2.21 bits per heavy atom. The standard InChI is InChI=1S/C12H12BrF2NO3/c1-3-9(12(18)19)16(2)11(17)10-7(14)4-6(13)5-8(10)15/h4-5,9H,3H2,1-2H3,(H,18,19). The van der Waals surface area contributed by atoms with E-state index in [0.29, 0.717) is 0 Å². The van der Waals surface area contributed by atoms with E-state index < -0.39 is 35.1 Å². The number of carbonyl (C=O) groups excluding carboxylic acids is 1. The van der Waals surface area contributed by atoms with Gasteiger partial charge in [0.1, 0.15) is 23.2 Å². The number of aliphatic carboxylic acids is 1. The highest BCUT2D eigenvalue weighted by Gasteiger charge is 2.29. The van der Waals surface area contributed by atoms with Gasteiger partial charge < -0.3 is 10.0 Å². The molecule has 1 aromatic rings. The molecule has 0 spiro atoms. The van der Waals surface area contributed by atoms with E-state index in [9.17, 15) is 18.4 Å². The number of rotatable bonds is 4. The van der Waals surface area contributed by atoms with Gasteiger partial charge in [-0.1, -0.05) is 22.9 Å². The van der Waals surface area contributed by atoms with Gasteiger partial charge in [0, 0.05) is 11.5 Å². The van der Waals surface area contributed by atoms with Gasteiger partial charge in [-0.25, -0.2) is 13.6 Å². The van der Waals surface area contributed by atoms with Gasteiger partial charge in [-0.15, -0.1) is 0 Å². The minimum absolute atomic E-state index is 0.136. The van der Waals surface area contributed by atoms with Gasteiger partial charge >= 0.3 is 5.97 Å². The molecule has 1 aromatic carbocycles. The van der Waals surface area contributed by atoms with Gasteiger partial charge in [0.2, 0.25) is 0 Å². The molecule has 4 nitrogen and oxygen atoms in total. The van der Waals surface area contributed by atoms with E-state index in [4.69, 9.17) is 5.11 Å². The third-order valence-electron chi connectivity index (χ3n) is 2.68. The molecule has 1 N–H and O–H groups in total. The number of carbonyl (C=O) groups is 2. The largest absolute Gasteiger partial charge is 0.480 e. The van der Waals surface area contributed by atoms with Crippen molar-refractivity contribution in [2.75, 3.05) is 7.05 Å². The average Bonchev–Trinajstić information content (AvgIpc) is 2.27. The van der Waals surface area contributed by atoms with Crippen LogP contribution in [-0.2, 0) is 4.79 Å². The maximum absolute atomic E-state index is 13.6. The van der Waals surface area contributed by atoms with Gasteiger partial charge in [0.15, 0.2) is 0 Å². The van der Waals surface area contributed by atoms with Crippen molar-refractivity contribution in [3.8, 4) is 0 Å². The topological polar surface area (TPSA) is 57.6 Å². The minimum atomic E-state index is -1.23. The number of halogens is 3. The molecule has 7 heteroatoms. The highest BCUT2D eigenvalue weighted by atomic mass is 79.9. The molecule has 1 rings (SSSR count). The molecule has 0 aromatic heterocycles. The number of hydrogen-bond acceptors (Lipinski definition) is 2. The number of likely N-dealkylation sites (N-methyl/N-ethyl adjacent to an activating group) is 1. The maximum Gasteiger partial charge on any atom is 0.326 e. The van der Waals surface area contributed by atoms with Crippen molar-refractivity contribution in [1.82, 2.24) is 4.90 Å². The van der Waals surface area contributed by atoms with Crippen molar-refractivity contribution in [3.63, 3.8) is 0 Å². The van der Waals surface area contributed by atoms with Gasteiger partial charge in [-0.2, -0.15) is 0 Å². The predicted octanol–water partition coefficient (Wildman–Crippen LogP) is 2.66. The van der Waals surface area contributed by atoms with E-state index in [2.05, 4.69) is 15.9 Å². The SMILES string of the molecule is CCC(C(=O)O)N(C)C(=O)c1c(F)cc(Br)cc1F. The summed E-state index contributed by atoms with van der Waals surface area (Å²) in [5, 5.41) is 8.93. The first-order valence-corrected chi connectivity index (χ1v) is 6.23. The predicted molar refractivity (Wildman–Crippen MR) is 67.9 cm³/mol. The van der Waals surface area contributed by atoms with Crippen LogP contribution in [0.4, 0.5) is 8.78 Å². The van der Waals surface area contributed by atoms with Crippen molar-refractivity contribution in [1.29, 1.82) is 0 Å². The zero-order valence-corrected chi connectivity index (χ0v) is 11.9. The van der Waals surface area contributed by atoms with Gasteiger partial charge in [0.25, 0.3) is 5.91 Å². The van der Waals surface area contributed by atoms with Gasteiger partial charge in [-0.05, 0) is 18.6 Å². The van der Waals surface area contributed by atoms with Crippen molar-refractivity contribution in [2.24, 2.45) is 0 Å². The van der Waals surface area contributed by atoms with Crippen LogP contribution in [0.3, 0.4) is 0 Å². The van der Waals surface area contributed by atoms with Crippen LogP contribution in [0.25, 0.3) is 0 Å². The number of carboxylic acids is 1. The molecule has 19 heavy (non-hydrogen) atoms. The molecule has 0 saturated carbocycles. The van der Waals surface area contributed by atoms with E-state index in [1.165, 1.54) is 7.05 Å². The Morgan fingerprint density at radius 1 is 1.37 bits per heavy atom. The van der Waals surface area contributed by atoms with E-state index >= 15 is 0 Å². The molecule has 1 atom stereocenters. The number of nitrogens with zero attached hydrogens (tertiary/aromatic N) is 1. The summed E-state index contributed by atoms with van der Waals surface area (Å²) >= 11 is 2.90. The molecule has 0 bridgehead atoms. The second-order valence-corrected chi connectivity index (χ2v) is 4.84. The van der Waals surface area contributed by atoms with Crippen LogP contribution in [0, 0.1) is 11.6 Å². The van der Waals surface area contributed by atoms with E-state index in [1.807, 2.05) is 0 Å². The van der Waals surface area contributed by atoms with E-state index in [-0.39, 0.29) is 10.9 Å². The molecular weight excluding hydrogens is 324 g/mol. The van der Waals surface area contributed by atoms with Crippen LogP contribution in [0.15, 0.2) is 16.6 Å². The summed E-state index contributed by atoms with van der Waals surface area (Å²) in [6, 6.07) is 0.771. The lowest BCUT2D eigenvalue weighted by Gasteiger charge is -2.24. The zero-order chi connectivity index (χ0) is 14.7. The molecule has 0 aliphatic carbocycles. The molecule has 1 amide bonds. The highest BCUT2D eigenvalue weighted by Crippen LogP contribution is 2.21. The van der Waals surface area contributed by atoms with Crippen molar-refractivity contribution in [2.45, 2.75) is 19.4 Å². The van der Waals surface area contributed by atoms with Gasteiger partial charge in [0.05, 0.1) is 0 Å². The molecule has 0 saturated heterocycles. The first-order valence-electron chi connectivity index (χ1n) is 5.44. The number of amides is 1. The monoisotopic (exact) mass is 335 g/mol. The molecule has 0 heterocycles. The summed E-state index contributed by atoms with van der Waals surface area (Å²) in [6.07, 6.45) is 0.136. The summed E-state index contributed by atoms with van der Waals surface area (Å²) in [5.41, 5.74) is -0.759. The number of hydrogen-bond donors (Lipinski definition) is 1. The second kappa shape index (κ2) is 6.10. The second-order valence-electron chi connectivity index (χ2n) is 3.92. The van der Waals surface area contributed by atoms with Crippen LogP contribution < -0.4 is 0 Å². The summed E-state index contributed by atoms with van der Waals surface area (Å²) in [6.45, 7) is 1.57. The van der Waals surface area contributed by atoms with Crippen molar-refractivity contribution >= 4 is 27.8 Å². The van der Waals surface area contributed by atoms with Crippen molar-refractivity contribution < 1.29 is 23.5 Å². The molecule has 104 valence electrons. The highest BCUT2D eigenvalue weighted by molar-refractivity contribution is 9.10. The van der Waals surface area contributed by atoms with Crippen LogP contribution in [0.1, 0.15) is 23.7 Å². The minimum Gasteiger partial charge on any atom is -0.480 e. The summed E-state index contributed by atoms with van der Waals surface area (Å²) in [5.74, 6) is -4.30. The Bertz CT molecular complexity index is 499. The average molecular weight is 336 g/mol. The van der Waals surface area contributed by atoms with Gasteiger partial charge in [-0.3, -0.25) is 4.79 Å². The lowest BCUT2D eigenvalue weighted by Crippen LogP contribution is -2.42. The number of carboxylic acid groups (broad SMARTS) is 1. The lowest BCUT2D eigenvalue weighted by atomic mass is 10.1. The Morgan fingerprint density at radius 2 is 1.84 bits per heavy atom. The smallest absolute Gasteiger partial charge is 0.326 e. The molecule has 1 unspecified atom stereocenters. The maximum atomic E-state index is 13.6. The fourth-order valence-electron chi connectivity index (χ4n) is 1.68. The molecule has 0 radical (unpaired) electrons. The Balaban J connectivity index is 3.17. The molecular formula is C12H12BrF2NO3. The molecule has 0 aliphatic heterocycles. The van der Waals surface area contributed by atoms with E-state index in [1.54, 1.807) is 6.92 Å². The van der Waals surface area contributed by atoms with Crippen LogP contribution in [0.5, 0.6) is 0 Å². The Kier molecular flexibility index (Phi) is 4.99.